The van der Waals surface area contributed by atoms with Crippen LogP contribution in [0.5, 0.6) is 0 Å². The standard InChI is InChI=1S/C9H16O2/c1-8-2-3-9(6-8,7-11)4-5-10/h7-8,10H,2-6H2,1H3. The van der Waals surface area contributed by atoms with Gasteiger partial charge in [0.15, 0.2) is 0 Å². The lowest BCUT2D eigenvalue weighted by molar-refractivity contribution is -0.116. The van der Waals surface area contributed by atoms with E-state index < -0.39 is 0 Å². The Labute approximate surface area is 67.6 Å². The van der Waals surface area contributed by atoms with E-state index in [-0.39, 0.29) is 12.0 Å². The van der Waals surface area contributed by atoms with Gasteiger partial charge in [-0.3, -0.25) is 0 Å². The number of carbonyl (C=O) groups excluding carboxylic acids is 1. The Hall–Kier alpha value is -0.370. The van der Waals surface area contributed by atoms with Crippen LogP contribution in [-0.2, 0) is 4.79 Å². The maximum atomic E-state index is 10.8. The van der Waals surface area contributed by atoms with E-state index in [2.05, 4.69) is 6.92 Å². The molecule has 0 aromatic heterocycles. The Balaban J connectivity index is 2.54. The van der Waals surface area contributed by atoms with Crippen LogP contribution in [0.25, 0.3) is 0 Å². The van der Waals surface area contributed by atoms with Gasteiger partial charge in [0, 0.05) is 12.0 Å². The molecule has 1 fully saturated rings. The van der Waals surface area contributed by atoms with Crippen molar-refractivity contribution in [3.8, 4) is 0 Å². The molecule has 0 aliphatic heterocycles. The molecule has 64 valence electrons. The van der Waals surface area contributed by atoms with Crippen LogP contribution in [-0.4, -0.2) is 18.0 Å². The zero-order valence-electron chi connectivity index (χ0n) is 7.05. The summed E-state index contributed by atoms with van der Waals surface area (Å²) >= 11 is 0. The van der Waals surface area contributed by atoms with Gasteiger partial charge in [0.25, 0.3) is 0 Å². The topological polar surface area (TPSA) is 37.3 Å². The van der Waals surface area contributed by atoms with E-state index in [1.807, 2.05) is 0 Å². The monoisotopic (exact) mass is 156 g/mol. The van der Waals surface area contributed by atoms with Gasteiger partial charge in [0.05, 0.1) is 0 Å². The first-order chi connectivity index (χ1) is 5.22. The minimum Gasteiger partial charge on any atom is -0.396 e. The van der Waals surface area contributed by atoms with Crippen LogP contribution in [0.1, 0.15) is 32.6 Å². The van der Waals surface area contributed by atoms with Gasteiger partial charge in [-0.15, -0.1) is 0 Å². The highest BCUT2D eigenvalue weighted by atomic mass is 16.3. The van der Waals surface area contributed by atoms with Crippen molar-refractivity contribution < 1.29 is 9.90 Å². The van der Waals surface area contributed by atoms with E-state index in [1.165, 1.54) is 0 Å². The van der Waals surface area contributed by atoms with Gasteiger partial charge < -0.3 is 9.90 Å². The van der Waals surface area contributed by atoms with Crippen LogP contribution in [0.3, 0.4) is 0 Å². The van der Waals surface area contributed by atoms with Crippen LogP contribution < -0.4 is 0 Å². The molecular weight excluding hydrogens is 140 g/mol. The maximum Gasteiger partial charge on any atom is 0.126 e. The molecule has 1 aliphatic carbocycles. The molecule has 0 bridgehead atoms. The smallest absolute Gasteiger partial charge is 0.126 e. The first-order valence-electron chi connectivity index (χ1n) is 4.30. The Morgan fingerprint density at radius 2 is 2.45 bits per heavy atom. The van der Waals surface area contributed by atoms with Crippen molar-refractivity contribution in [2.75, 3.05) is 6.61 Å². The predicted molar refractivity (Wildman–Crippen MR) is 43.2 cm³/mol. The lowest BCUT2D eigenvalue weighted by Crippen LogP contribution is -2.20. The van der Waals surface area contributed by atoms with Crippen molar-refractivity contribution in [3.05, 3.63) is 0 Å². The number of aliphatic hydroxyl groups is 1. The summed E-state index contributed by atoms with van der Waals surface area (Å²) in [7, 11) is 0. The van der Waals surface area contributed by atoms with Crippen molar-refractivity contribution in [3.63, 3.8) is 0 Å². The summed E-state index contributed by atoms with van der Waals surface area (Å²) in [6, 6.07) is 0. The molecule has 0 aromatic carbocycles. The molecule has 0 saturated heterocycles. The molecule has 1 N–H and O–H groups in total. The predicted octanol–water partition coefficient (Wildman–Crippen LogP) is 1.37. The fraction of sp³-hybridized carbons (Fsp3) is 0.889. The number of aldehydes is 1. The third-order valence-electron chi connectivity index (χ3n) is 2.75. The average molecular weight is 156 g/mol. The second kappa shape index (κ2) is 3.35. The highest BCUT2D eigenvalue weighted by Crippen LogP contribution is 2.42. The molecule has 1 saturated carbocycles. The summed E-state index contributed by atoms with van der Waals surface area (Å²) in [6.07, 6.45) is 4.78. The molecule has 2 atom stereocenters. The van der Waals surface area contributed by atoms with Crippen LogP contribution in [0.15, 0.2) is 0 Å². The van der Waals surface area contributed by atoms with Gasteiger partial charge in [-0.1, -0.05) is 6.92 Å². The Bertz CT molecular complexity index is 140. The second-order valence-electron chi connectivity index (χ2n) is 3.80. The molecule has 0 radical (unpaired) electrons. The molecule has 0 amide bonds. The summed E-state index contributed by atoms with van der Waals surface area (Å²) in [4.78, 5) is 10.8. The lowest BCUT2D eigenvalue weighted by Gasteiger charge is -2.20. The number of hydrogen-bond donors (Lipinski definition) is 1. The van der Waals surface area contributed by atoms with Crippen LogP contribution in [0, 0.1) is 11.3 Å². The summed E-state index contributed by atoms with van der Waals surface area (Å²) in [5, 5.41) is 8.75. The van der Waals surface area contributed by atoms with E-state index in [9.17, 15) is 4.79 Å². The molecule has 0 aromatic rings. The van der Waals surface area contributed by atoms with Gasteiger partial charge >= 0.3 is 0 Å². The van der Waals surface area contributed by atoms with Crippen molar-refractivity contribution in [1.29, 1.82) is 0 Å². The summed E-state index contributed by atoms with van der Waals surface area (Å²) < 4.78 is 0. The van der Waals surface area contributed by atoms with Crippen molar-refractivity contribution in [2.45, 2.75) is 32.6 Å². The number of rotatable bonds is 3. The highest BCUT2D eigenvalue weighted by Gasteiger charge is 2.36. The second-order valence-corrected chi connectivity index (χ2v) is 3.80. The number of aliphatic hydroxyl groups excluding tert-OH is 1. The normalized spacial score (nSPS) is 37.5. The molecule has 2 unspecified atom stereocenters. The van der Waals surface area contributed by atoms with E-state index >= 15 is 0 Å². The van der Waals surface area contributed by atoms with Gasteiger partial charge in [0.1, 0.15) is 6.29 Å². The SMILES string of the molecule is CC1CCC(C=O)(CCO)C1. The van der Waals surface area contributed by atoms with E-state index in [1.54, 1.807) is 0 Å². The molecular formula is C9H16O2. The quantitative estimate of drug-likeness (QED) is 0.627. The van der Waals surface area contributed by atoms with Crippen LogP contribution >= 0.6 is 0 Å². The molecule has 0 heterocycles. The van der Waals surface area contributed by atoms with Gasteiger partial charge in [0.2, 0.25) is 0 Å². The van der Waals surface area contributed by atoms with Crippen LogP contribution in [0.2, 0.25) is 0 Å². The highest BCUT2D eigenvalue weighted by molar-refractivity contribution is 5.59. The van der Waals surface area contributed by atoms with Crippen LogP contribution in [0.4, 0.5) is 0 Å². The van der Waals surface area contributed by atoms with Gasteiger partial charge in [-0.05, 0) is 31.6 Å². The van der Waals surface area contributed by atoms with E-state index in [0.29, 0.717) is 12.3 Å². The number of hydrogen-bond acceptors (Lipinski definition) is 2. The number of carbonyl (C=O) groups is 1. The molecule has 0 spiro atoms. The molecule has 2 heteroatoms. The van der Waals surface area contributed by atoms with Crippen molar-refractivity contribution in [1.82, 2.24) is 0 Å². The largest absolute Gasteiger partial charge is 0.396 e. The Kier molecular flexibility index (Phi) is 2.66. The summed E-state index contributed by atoms with van der Waals surface area (Å²) in [5.41, 5.74) is -0.172. The first-order valence-corrected chi connectivity index (χ1v) is 4.30. The van der Waals surface area contributed by atoms with E-state index in [0.717, 1.165) is 25.5 Å². The maximum absolute atomic E-state index is 10.8. The molecule has 2 nitrogen and oxygen atoms in total. The molecule has 11 heavy (non-hydrogen) atoms. The average Bonchev–Trinajstić information content (AvgIpc) is 2.34. The zero-order chi connectivity index (χ0) is 8.32. The fourth-order valence-corrected chi connectivity index (χ4v) is 2.05. The Morgan fingerprint density at radius 3 is 2.82 bits per heavy atom. The van der Waals surface area contributed by atoms with Crippen molar-refractivity contribution >= 4 is 6.29 Å². The van der Waals surface area contributed by atoms with Crippen molar-refractivity contribution in [2.24, 2.45) is 11.3 Å². The third kappa shape index (κ3) is 1.80. The van der Waals surface area contributed by atoms with Gasteiger partial charge in [-0.25, -0.2) is 0 Å². The Morgan fingerprint density at radius 1 is 1.73 bits per heavy atom. The molecule has 1 aliphatic rings. The fourth-order valence-electron chi connectivity index (χ4n) is 2.05. The van der Waals surface area contributed by atoms with Gasteiger partial charge in [-0.2, -0.15) is 0 Å². The van der Waals surface area contributed by atoms with E-state index in [4.69, 9.17) is 5.11 Å². The zero-order valence-corrected chi connectivity index (χ0v) is 7.05. The summed E-state index contributed by atoms with van der Waals surface area (Å²) in [5.74, 6) is 0.659. The minimum atomic E-state index is -0.172. The first kappa shape index (κ1) is 8.72. The third-order valence-corrected chi connectivity index (χ3v) is 2.75. The lowest BCUT2D eigenvalue weighted by atomic mass is 9.84. The summed E-state index contributed by atoms with van der Waals surface area (Å²) in [6.45, 7) is 2.31. The minimum absolute atomic E-state index is 0.144. The molecule has 1 rings (SSSR count).